The standard InChI is InChI=1S/C13H16FNO/c1-5-9(2)15-10(3)12-7-6-11(16-4)8-13(12)14/h1,6-10,15H,2-4H3. The second kappa shape index (κ2) is 5.53. The fourth-order valence-electron chi connectivity index (χ4n) is 1.50. The molecular formula is C13H16FNO. The highest BCUT2D eigenvalue weighted by atomic mass is 19.1. The molecule has 0 amide bonds. The zero-order chi connectivity index (χ0) is 12.1. The van der Waals surface area contributed by atoms with Crippen LogP contribution in [0.2, 0.25) is 0 Å². The van der Waals surface area contributed by atoms with E-state index in [0.29, 0.717) is 11.3 Å². The van der Waals surface area contributed by atoms with Gasteiger partial charge in [0, 0.05) is 17.7 Å². The molecule has 0 aliphatic carbocycles. The zero-order valence-electron chi connectivity index (χ0n) is 9.75. The van der Waals surface area contributed by atoms with Crippen molar-refractivity contribution in [2.75, 3.05) is 7.11 Å². The monoisotopic (exact) mass is 221 g/mol. The summed E-state index contributed by atoms with van der Waals surface area (Å²) in [6.45, 7) is 3.73. The Labute approximate surface area is 95.8 Å². The third-order valence-electron chi connectivity index (χ3n) is 2.42. The van der Waals surface area contributed by atoms with Crippen molar-refractivity contribution in [2.45, 2.75) is 25.9 Å². The fourth-order valence-corrected chi connectivity index (χ4v) is 1.50. The highest BCUT2D eigenvalue weighted by Gasteiger charge is 2.12. The molecule has 1 aromatic carbocycles. The minimum Gasteiger partial charge on any atom is -0.497 e. The average Bonchev–Trinajstić information content (AvgIpc) is 2.28. The summed E-state index contributed by atoms with van der Waals surface area (Å²) >= 11 is 0. The van der Waals surface area contributed by atoms with Crippen molar-refractivity contribution in [1.82, 2.24) is 5.32 Å². The molecule has 0 heterocycles. The molecule has 0 aliphatic rings. The van der Waals surface area contributed by atoms with Gasteiger partial charge in [0.1, 0.15) is 11.6 Å². The van der Waals surface area contributed by atoms with Gasteiger partial charge in [-0.15, -0.1) is 6.42 Å². The molecule has 1 aromatic rings. The molecule has 3 heteroatoms. The number of hydrogen-bond donors (Lipinski definition) is 1. The minimum absolute atomic E-state index is 0.0866. The number of benzene rings is 1. The number of rotatable bonds is 4. The van der Waals surface area contributed by atoms with E-state index in [0.717, 1.165) is 0 Å². The van der Waals surface area contributed by atoms with Crippen molar-refractivity contribution < 1.29 is 9.13 Å². The number of ether oxygens (including phenoxy) is 1. The molecule has 0 saturated heterocycles. The van der Waals surface area contributed by atoms with E-state index in [1.54, 1.807) is 12.1 Å². The summed E-state index contributed by atoms with van der Waals surface area (Å²) < 4.78 is 18.6. The number of hydrogen-bond acceptors (Lipinski definition) is 2. The lowest BCUT2D eigenvalue weighted by Gasteiger charge is -2.17. The predicted octanol–water partition coefficient (Wildman–Crippen LogP) is 2.51. The first-order valence-corrected chi connectivity index (χ1v) is 5.14. The normalized spacial score (nSPS) is 13.9. The van der Waals surface area contributed by atoms with Gasteiger partial charge >= 0.3 is 0 Å². The van der Waals surface area contributed by atoms with Crippen LogP contribution in [0.15, 0.2) is 18.2 Å². The Hall–Kier alpha value is -1.53. The molecule has 2 atom stereocenters. The second-order valence-electron chi connectivity index (χ2n) is 3.66. The summed E-state index contributed by atoms with van der Waals surface area (Å²) in [7, 11) is 1.51. The topological polar surface area (TPSA) is 21.3 Å². The van der Waals surface area contributed by atoms with E-state index in [2.05, 4.69) is 11.2 Å². The molecule has 2 unspecified atom stereocenters. The molecule has 0 aliphatic heterocycles. The second-order valence-corrected chi connectivity index (χ2v) is 3.66. The van der Waals surface area contributed by atoms with Crippen LogP contribution in [-0.4, -0.2) is 13.2 Å². The van der Waals surface area contributed by atoms with Gasteiger partial charge < -0.3 is 4.74 Å². The highest BCUT2D eigenvalue weighted by molar-refractivity contribution is 5.30. The van der Waals surface area contributed by atoms with Crippen LogP contribution in [0.3, 0.4) is 0 Å². The Morgan fingerprint density at radius 2 is 2.12 bits per heavy atom. The molecule has 1 rings (SSSR count). The molecule has 1 N–H and O–H groups in total. The molecule has 0 aromatic heterocycles. The first-order valence-electron chi connectivity index (χ1n) is 5.14. The van der Waals surface area contributed by atoms with Gasteiger partial charge in [-0.25, -0.2) is 4.39 Å². The molecule has 2 nitrogen and oxygen atoms in total. The van der Waals surface area contributed by atoms with Crippen LogP contribution in [0.5, 0.6) is 5.75 Å². The quantitative estimate of drug-likeness (QED) is 0.789. The summed E-state index contributed by atoms with van der Waals surface area (Å²) in [6, 6.07) is 4.59. The van der Waals surface area contributed by atoms with E-state index in [1.807, 2.05) is 13.8 Å². The van der Waals surface area contributed by atoms with Crippen LogP contribution < -0.4 is 10.1 Å². The maximum absolute atomic E-state index is 13.7. The maximum Gasteiger partial charge on any atom is 0.131 e. The average molecular weight is 221 g/mol. The Morgan fingerprint density at radius 1 is 1.44 bits per heavy atom. The van der Waals surface area contributed by atoms with Crippen molar-refractivity contribution in [3.05, 3.63) is 29.6 Å². The van der Waals surface area contributed by atoms with Crippen molar-refractivity contribution in [3.8, 4) is 18.1 Å². The molecule has 16 heavy (non-hydrogen) atoms. The molecule has 0 spiro atoms. The first kappa shape index (κ1) is 12.5. The number of halogens is 1. The molecule has 0 fully saturated rings. The van der Waals surface area contributed by atoms with E-state index in [4.69, 9.17) is 11.2 Å². The van der Waals surface area contributed by atoms with Crippen molar-refractivity contribution in [3.63, 3.8) is 0 Å². The van der Waals surface area contributed by atoms with Crippen LogP contribution in [0.25, 0.3) is 0 Å². The van der Waals surface area contributed by atoms with Gasteiger partial charge in [0.25, 0.3) is 0 Å². The fraction of sp³-hybridized carbons (Fsp3) is 0.385. The van der Waals surface area contributed by atoms with Gasteiger partial charge in [0.2, 0.25) is 0 Å². The van der Waals surface area contributed by atoms with Crippen LogP contribution in [0.4, 0.5) is 4.39 Å². The van der Waals surface area contributed by atoms with Gasteiger partial charge in [-0.2, -0.15) is 0 Å². The van der Waals surface area contributed by atoms with E-state index in [-0.39, 0.29) is 17.9 Å². The third kappa shape index (κ3) is 2.98. The Morgan fingerprint density at radius 3 is 2.62 bits per heavy atom. The van der Waals surface area contributed by atoms with Crippen molar-refractivity contribution in [1.29, 1.82) is 0 Å². The molecule has 86 valence electrons. The van der Waals surface area contributed by atoms with Crippen LogP contribution in [-0.2, 0) is 0 Å². The number of nitrogens with one attached hydrogen (secondary N) is 1. The summed E-state index contributed by atoms with van der Waals surface area (Å²) in [5.74, 6) is 2.77. The highest BCUT2D eigenvalue weighted by Crippen LogP contribution is 2.21. The van der Waals surface area contributed by atoms with Crippen LogP contribution >= 0.6 is 0 Å². The lowest BCUT2D eigenvalue weighted by Crippen LogP contribution is -2.28. The predicted molar refractivity (Wildman–Crippen MR) is 62.8 cm³/mol. The molecule has 0 bridgehead atoms. The minimum atomic E-state index is -0.288. The third-order valence-corrected chi connectivity index (χ3v) is 2.42. The van der Waals surface area contributed by atoms with Gasteiger partial charge in [0.15, 0.2) is 0 Å². The zero-order valence-corrected chi connectivity index (χ0v) is 9.75. The largest absolute Gasteiger partial charge is 0.497 e. The Bertz CT molecular complexity index is 397. The van der Waals surface area contributed by atoms with E-state index in [1.165, 1.54) is 13.2 Å². The van der Waals surface area contributed by atoms with Gasteiger partial charge in [0.05, 0.1) is 13.2 Å². The number of terminal acetylenes is 1. The van der Waals surface area contributed by atoms with Gasteiger partial charge in [-0.05, 0) is 19.9 Å². The lowest BCUT2D eigenvalue weighted by atomic mass is 10.1. The Kier molecular flexibility index (Phi) is 4.33. The van der Waals surface area contributed by atoms with Crippen molar-refractivity contribution in [2.24, 2.45) is 0 Å². The van der Waals surface area contributed by atoms with Gasteiger partial charge in [-0.3, -0.25) is 5.32 Å². The van der Waals surface area contributed by atoms with Crippen LogP contribution in [0, 0.1) is 18.2 Å². The SMILES string of the molecule is C#CC(C)NC(C)c1ccc(OC)cc1F. The summed E-state index contributed by atoms with van der Waals surface area (Å²) in [5.41, 5.74) is 0.586. The van der Waals surface area contributed by atoms with E-state index in [9.17, 15) is 4.39 Å². The van der Waals surface area contributed by atoms with Gasteiger partial charge in [-0.1, -0.05) is 12.0 Å². The summed E-state index contributed by atoms with van der Waals surface area (Å²) in [6.07, 6.45) is 5.26. The maximum atomic E-state index is 13.7. The molecule has 0 saturated carbocycles. The lowest BCUT2D eigenvalue weighted by molar-refractivity contribution is 0.409. The van der Waals surface area contributed by atoms with E-state index < -0.39 is 0 Å². The summed E-state index contributed by atoms with van der Waals surface area (Å²) in [5, 5.41) is 3.11. The van der Waals surface area contributed by atoms with E-state index >= 15 is 0 Å². The smallest absolute Gasteiger partial charge is 0.131 e. The summed E-state index contributed by atoms with van der Waals surface area (Å²) in [4.78, 5) is 0. The number of methoxy groups -OCH3 is 1. The molecule has 0 radical (unpaired) electrons. The molecular weight excluding hydrogens is 205 g/mol. The first-order chi connectivity index (χ1) is 7.58. The van der Waals surface area contributed by atoms with Crippen molar-refractivity contribution >= 4 is 0 Å². The van der Waals surface area contributed by atoms with Crippen LogP contribution in [0.1, 0.15) is 25.5 Å². The Balaban J connectivity index is 2.84.